The van der Waals surface area contributed by atoms with Gasteiger partial charge in [0.15, 0.2) is 0 Å². The zero-order valence-electron chi connectivity index (χ0n) is 11.0. The highest BCUT2D eigenvalue weighted by Gasteiger charge is 2.29. The molecule has 2 N–H and O–H groups in total. The summed E-state index contributed by atoms with van der Waals surface area (Å²) in [5.74, 6) is 0. The quantitative estimate of drug-likeness (QED) is 0.763. The first kappa shape index (κ1) is 17.3. The van der Waals surface area contributed by atoms with E-state index in [-0.39, 0.29) is 0 Å². The Balaban J connectivity index is 5.37. The van der Waals surface area contributed by atoms with Crippen molar-refractivity contribution in [2.45, 2.75) is 39.4 Å². The Hall–Kier alpha value is -0.710. The Morgan fingerprint density at radius 3 is 2.28 bits per heavy atom. The third kappa shape index (κ3) is 4.88. The number of hydrogen-bond acceptors (Lipinski definition) is 3. The molecule has 0 aromatic rings. The Bertz CT molecular complexity index is 349. The molecule has 18 heavy (non-hydrogen) atoms. The molecule has 0 saturated carbocycles. The fraction of sp³-hybridized carbons (Fsp3) is 0.583. The Morgan fingerprint density at radius 2 is 2.00 bits per heavy atom. The molecule has 2 atom stereocenters. The summed E-state index contributed by atoms with van der Waals surface area (Å²) < 4.78 is 10.4. The van der Waals surface area contributed by atoms with Crippen LogP contribution in [0.15, 0.2) is 21.7 Å². The monoisotopic (exact) mass is 295 g/mol. The minimum Gasteiger partial charge on any atom is -0.443 e. The average Bonchev–Trinajstić information content (AvgIpc) is 2.31. The summed E-state index contributed by atoms with van der Waals surface area (Å²) in [6, 6.07) is 0. The molecule has 0 aliphatic carbocycles. The van der Waals surface area contributed by atoms with E-state index in [1.165, 1.54) is 7.11 Å². The molecule has 6 heteroatoms. The molecule has 104 valence electrons. The zero-order chi connectivity index (χ0) is 14.3. The lowest BCUT2D eigenvalue weighted by atomic mass is 10.0. The van der Waals surface area contributed by atoms with Crippen LogP contribution < -0.4 is 5.73 Å². The van der Waals surface area contributed by atoms with Crippen LogP contribution in [0.25, 0.3) is 0 Å². The van der Waals surface area contributed by atoms with E-state index in [0.29, 0.717) is 22.1 Å². The summed E-state index contributed by atoms with van der Waals surface area (Å²) in [6.45, 7) is 5.33. The number of ether oxygens (including phenoxy) is 2. The summed E-state index contributed by atoms with van der Waals surface area (Å²) in [6.07, 6.45) is 0.287. The number of methoxy groups -OCH3 is 1. The van der Waals surface area contributed by atoms with E-state index in [2.05, 4.69) is 0 Å². The lowest BCUT2D eigenvalue weighted by molar-refractivity contribution is -0.000733. The predicted molar refractivity (Wildman–Crippen MR) is 73.7 cm³/mol. The van der Waals surface area contributed by atoms with Gasteiger partial charge in [-0.3, -0.25) is 0 Å². The van der Waals surface area contributed by atoms with Gasteiger partial charge in [0, 0.05) is 22.7 Å². The zero-order valence-corrected chi connectivity index (χ0v) is 12.5. The van der Waals surface area contributed by atoms with Crippen LogP contribution in [-0.2, 0) is 9.47 Å². The Labute approximate surface area is 118 Å². The number of nitrogens with two attached hydrogens (primary N) is 1. The molecular formula is C12H19Cl2NO3. The topological polar surface area (TPSA) is 61.6 Å². The fourth-order valence-electron chi connectivity index (χ4n) is 1.62. The molecule has 0 fully saturated rings. The van der Waals surface area contributed by atoms with Gasteiger partial charge in [-0.05, 0) is 20.3 Å². The summed E-state index contributed by atoms with van der Waals surface area (Å²) in [5, 5.41) is 0.942. The minimum absolute atomic E-state index is 0.459. The van der Waals surface area contributed by atoms with Crippen molar-refractivity contribution >= 4 is 29.3 Å². The van der Waals surface area contributed by atoms with Crippen molar-refractivity contribution in [2.75, 3.05) is 7.11 Å². The summed E-state index contributed by atoms with van der Waals surface area (Å²) in [5.41, 5.74) is 5.63. The molecule has 0 saturated heterocycles. The SMILES string of the molecule is CC=C(Cl)C(=C(C)Cl)C(OC)C(CC)OC(N)=O. The van der Waals surface area contributed by atoms with Crippen LogP contribution in [-0.4, -0.2) is 25.4 Å². The van der Waals surface area contributed by atoms with Crippen molar-refractivity contribution in [3.63, 3.8) is 0 Å². The first-order valence-electron chi connectivity index (χ1n) is 5.56. The maximum Gasteiger partial charge on any atom is 0.404 e. The molecule has 0 radical (unpaired) electrons. The summed E-state index contributed by atoms with van der Waals surface area (Å²) in [4.78, 5) is 10.9. The van der Waals surface area contributed by atoms with E-state index in [1.807, 2.05) is 6.92 Å². The van der Waals surface area contributed by atoms with E-state index in [4.69, 9.17) is 38.4 Å². The van der Waals surface area contributed by atoms with Gasteiger partial charge in [-0.25, -0.2) is 4.79 Å². The molecule has 1 amide bonds. The lowest BCUT2D eigenvalue weighted by Crippen LogP contribution is -2.36. The van der Waals surface area contributed by atoms with Gasteiger partial charge in [-0.1, -0.05) is 36.2 Å². The maximum absolute atomic E-state index is 10.9. The van der Waals surface area contributed by atoms with Crippen molar-refractivity contribution in [1.29, 1.82) is 0 Å². The Kier molecular flexibility index (Phi) is 8.07. The largest absolute Gasteiger partial charge is 0.443 e. The smallest absolute Gasteiger partial charge is 0.404 e. The number of hydrogen-bond donors (Lipinski definition) is 1. The van der Waals surface area contributed by atoms with Crippen LogP contribution in [0.3, 0.4) is 0 Å². The van der Waals surface area contributed by atoms with Crippen LogP contribution in [0.1, 0.15) is 27.2 Å². The summed E-state index contributed by atoms with van der Waals surface area (Å²) in [7, 11) is 1.50. The minimum atomic E-state index is -0.855. The van der Waals surface area contributed by atoms with Gasteiger partial charge in [-0.2, -0.15) is 0 Å². The number of allylic oxidation sites excluding steroid dienone is 2. The van der Waals surface area contributed by atoms with Gasteiger partial charge < -0.3 is 15.2 Å². The van der Waals surface area contributed by atoms with Crippen LogP contribution >= 0.6 is 23.2 Å². The van der Waals surface area contributed by atoms with Crippen LogP contribution in [0.5, 0.6) is 0 Å². The van der Waals surface area contributed by atoms with E-state index in [9.17, 15) is 4.79 Å². The first-order valence-corrected chi connectivity index (χ1v) is 6.31. The van der Waals surface area contributed by atoms with Crippen LogP contribution in [0.2, 0.25) is 0 Å². The highest BCUT2D eigenvalue weighted by atomic mass is 35.5. The van der Waals surface area contributed by atoms with E-state index < -0.39 is 18.3 Å². The predicted octanol–water partition coefficient (Wildman–Crippen LogP) is 3.53. The first-order chi connectivity index (χ1) is 8.38. The molecule has 0 aromatic carbocycles. The number of halogens is 2. The van der Waals surface area contributed by atoms with Gasteiger partial charge in [0.1, 0.15) is 12.2 Å². The molecule has 0 heterocycles. The van der Waals surface area contributed by atoms with Crippen molar-refractivity contribution < 1.29 is 14.3 Å². The average molecular weight is 296 g/mol. The molecule has 0 bridgehead atoms. The third-order valence-corrected chi connectivity index (χ3v) is 3.05. The van der Waals surface area contributed by atoms with Gasteiger partial charge in [0.25, 0.3) is 0 Å². The third-order valence-electron chi connectivity index (χ3n) is 2.43. The second-order valence-electron chi connectivity index (χ2n) is 3.62. The number of primary amides is 1. The maximum atomic E-state index is 10.9. The molecule has 0 aromatic heterocycles. The van der Waals surface area contributed by atoms with Gasteiger partial charge in [0.2, 0.25) is 0 Å². The van der Waals surface area contributed by atoms with Gasteiger partial charge >= 0.3 is 6.09 Å². The molecule has 0 aliphatic rings. The Morgan fingerprint density at radius 1 is 1.44 bits per heavy atom. The normalized spacial score (nSPS) is 16.9. The number of carbonyl (C=O) groups excluding carboxylic acids is 1. The van der Waals surface area contributed by atoms with Crippen molar-refractivity contribution in [1.82, 2.24) is 0 Å². The number of amides is 1. The highest BCUT2D eigenvalue weighted by Crippen LogP contribution is 2.29. The molecule has 0 aliphatic heterocycles. The van der Waals surface area contributed by atoms with Crippen LogP contribution in [0.4, 0.5) is 4.79 Å². The van der Waals surface area contributed by atoms with Crippen molar-refractivity contribution in [3.8, 4) is 0 Å². The van der Waals surface area contributed by atoms with E-state index in [1.54, 1.807) is 19.9 Å². The van der Waals surface area contributed by atoms with E-state index >= 15 is 0 Å². The fourth-order valence-corrected chi connectivity index (χ4v) is 2.12. The van der Waals surface area contributed by atoms with Gasteiger partial charge in [0.05, 0.1) is 0 Å². The van der Waals surface area contributed by atoms with Crippen molar-refractivity contribution in [3.05, 3.63) is 21.7 Å². The van der Waals surface area contributed by atoms with Gasteiger partial charge in [-0.15, -0.1) is 0 Å². The van der Waals surface area contributed by atoms with Crippen molar-refractivity contribution in [2.24, 2.45) is 5.73 Å². The number of rotatable bonds is 6. The number of carbonyl (C=O) groups is 1. The summed E-state index contributed by atoms with van der Waals surface area (Å²) >= 11 is 12.1. The molecule has 2 unspecified atom stereocenters. The highest BCUT2D eigenvalue weighted by molar-refractivity contribution is 6.35. The van der Waals surface area contributed by atoms with E-state index in [0.717, 1.165) is 0 Å². The standard InChI is InChI=1S/C12H19Cl2NO3/c1-5-8(14)10(7(3)13)11(17-4)9(6-2)18-12(15)16/h5,9,11H,6H2,1-4H3,(H2,15,16). The molecule has 0 rings (SSSR count). The molecule has 0 spiro atoms. The second kappa shape index (κ2) is 8.40. The van der Waals surface area contributed by atoms with Crippen LogP contribution in [0, 0.1) is 0 Å². The lowest BCUT2D eigenvalue weighted by Gasteiger charge is -2.27. The second-order valence-corrected chi connectivity index (χ2v) is 4.60. The molecule has 4 nitrogen and oxygen atoms in total. The molecular weight excluding hydrogens is 277 g/mol.